The van der Waals surface area contributed by atoms with E-state index in [1.165, 1.54) is 14.2 Å². The van der Waals surface area contributed by atoms with Crippen molar-refractivity contribution >= 4 is 21.7 Å². The summed E-state index contributed by atoms with van der Waals surface area (Å²) in [4.78, 5) is 21.4. The van der Waals surface area contributed by atoms with Crippen LogP contribution in [0.2, 0.25) is 0 Å². The van der Waals surface area contributed by atoms with Crippen molar-refractivity contribution in [1.29, 1.82) is 0 Å². The molecule has 0 saturated heterocycles. The van der Waals surface area contributed by atoms with Crippen molar-refractivity contribution in [2.45, 2.75) is 11.3 Å². The Bertz CT molecular complexity index is 940. The van der Waals surface area contributed by atoms with Gasteiger partial charge < -0.3 is 9.47 Å². The summed E-state index contributed by atoms with van der Waals surface area (Å²) >= 11 is 0. The molecule has 0 aliphatic rings. The number of nitro groups is 1. The van der Waals surface area contributed by atoms with E-state index >= 15 is 0 Å². The van der Waals surface area contributed by atoms with Crippen LogP contribution < -0.4 is 9.46 Å². The number of nitrogens with one attached hydrogen (secondary N) is 1. The van der Waals surface area contributed by atoms with Gasteiger partial charge in [-0.2, -0.15) is 0 Å². The quantitative estimate of drug-likeness (QED) is 0.412. The van der Waals surface area contributed by atoms with E-state index in [9.17, 15) is 23.3 Å². The Morgan fingerprint density at radius 3 is 2.37 bits per heavy atom. The Morgan fingerprint density at radius 1 is 1.15 bits per heavy atom. The van der Waals surface area contributed by atoms with E-state index in [0.717, 1.165) is 23.8 Å². The molecule has 0 aliphatic carbocycles. The highest BCUT2D eigenvalue weighted by atomic mass is 32.2. The molecule has 144 valence electrons. The van der Waals surface area contributed by atoms with Crippen molar-refractivity contribution in [3.63, 3.8) is 0 Å². The third kappa shape index (κ3) is 5.02. The monoisotopic (exact) mass is 394 g/mol. The fourth-order valence-corrected chi connectivity index (χ4v) is 3.51. The number of benzene rings is 2. The molecule has 0 spiro atoms. The Labute approximate surface area is 156 Å². The maximum Gasteiger partial charge on any atom is 0.337 e. The first-order valence-electron chi connectivity index (χ1n) is 7.78. The molecule has 0 atom stereocenters. The third-order valence-corrected chi connectivity index (χ3v) is 5.23. The number of nitrogens with zero attached hydrogens (tertiary/aromatic N) is 1. The summed E-state index contributed by atoms with van der Waals surface area (Å²) in [5.74, 6) is -0.563. The number of rotatable bonds is 8. The number of non-ortho nitro benzene ring substituents is 1. The summed E-state index contributed by atoms with van der Waals surface area (Å²) in [6, 6.07) is 9.87. The molecule has 0 fully saturated rings. The lowest BCUT2D eigenvalue weighted by Gasteiger charge is -2.10. The average molecular weight is 394 g/mol. The Kier molecular flexibility index (Phi) is 6.48. The van der Waals surface area contributed by atoms with E-state index in [1.54, 1.807) is 24.3 Å². The molecule has 2 aromatic carbocycles. The minimum atomic E-state index is -3.91. The van der Waals surface area contributed by atoms with Gasteiger partial charge in [-0.1, -0.05) is 12.1 Å². The molecule has 0 aliphatic heterocycles. The molecular weight excluding hydrogens is 376 g/mol. The SMILES string of the molecule is COC(=O)c1ccc(CCNS(=O)(=O)c2ccc([N+](=O)[O-])cc2OC)cc1. The van der Waals surface area contributed by atoms with E-state index in [0.29, 0.717) is 12.0 Å². The first kappa shape index (κ1) is 20.3. The van der Waals surface area contributed by atoms with E-state index in [-0.39, 0.29) is 22.9 Å². The van der Waals surface area contributed by atoms with Crippen LogP contribution in [0, 0.1) is 10.1 Å². The first-order chi connectivity index (χ1) is 12.8. The summed E-state index contributed by atoms with van der Waals surface area (Å²) in [7, 11) is -1.39. The summed E-state index contributed by atoms with van der Waals surface area (Å²) < 4.78 is 36.9. The van der Waals surface area contributed by atoms with E-state index in [4.69, 9.17) is 4.74 Å². The second-order valence-corrected chi connectivity index (χ2v) is 7.16. The molecular formula is C17H18N2O7S. The van der Waals surface area contributed by atoms with Gasteiger partial charge in [0.15, 0.2) is 0 Å². The van der Waals surface area contributed by atoms with Crippen molar-refractivity contribution in [2.24, 2.45) is 0 Å². The second kappa shape index (κ2) is 8.60. The van der Waals surface area contributed by atoms with E-state index in [2.05, 4.69) is 9.46 Å². The zero-order chi connectivity index (χ0) is 20.0. The van der Waals surface area contributed by atoms with Crippen LogP contribution in [-0.2, 0) is 21.2 Å². The van der Waals surface area contributed by atoms with Crippen LogP contribution in [0.25, 0.3) is 0 Å². The topological polar surface area (TPSA) is 125 Å². The lowest BCUT2D eigenvalue weighted by molar-refractivity contribution is -0.385. The minimum Gasteiger partial charge on any atom is -0.495 e. The van der Waals surface area contributed by atoms with Crippen molar-refractivity contribution in [3.8, 4) is 5.75 Å². The number of nitro benzene ring substituents is 1. The molecule has 0 heterocycles. The van der Waals surface area contributed by atoms with Gasteiger partial charge in [-0.25, -0.2) is 17.9 Å². The van der Waals surface area contributed by atoms with Gasteiger partial charge in [-0.3, -0.25) is 10.1 Å². The zero-order valence-electron chi connectivity index (χ0n) is 14.7. The molecule has 0 amide bonds. The van der Waals surface area contributed by atoms with Crippen LogP contribution in [0.15, 0.2) is 47.4 Å². The van der Waals surface area contributed by atoms with Gasteiger partial charge in [-0.15, -0.1) is 0 Å². The molecule has 9 nitrogen and oxygen atoms in total. The molecule has 0 saturated carbocycles. The van der Waals surface area contributed by atoms with Gasteiger partial charge >= 0.3 is 5.97 Å². The minimum absolute atomic E-state index is 0.0973. The van der Waals surface area contributed by atoms with Crippen molar-refractivity contribution in [1.82, 2.24) is 4.72 Å². The molecule has 27 heavy (non-hydrogen) atoms. The predicted molar refractivity (Wildman–Crippen MR) is 96.3 cm³/mol. The maximum absolute atomic E-state index is 12.4. The highest BCUT2D eigenvalue weighted by Gasteiger charge is 2.21. The van der Waals surface area contributed by atoms with Gasteiger partial charge in [-0.05, 0) is 30.2 Å². The molecule has 0 unspecified atom stereocenters. The van der Waals surface area contributed by atoms with Crippen LogP contribution in [0.3, 0.4) is 0 Å². The Balaban J connectivity index is 2.06. The van der Waals surface area contributed by atoms with Crippen LogP contribution in [0.1, 0.15) is 15.9 Å². The Morgan fingerprint density at radius 2 is 1.81 bits per heavy atom. The zero-order valence-corrected chi connectivity index (χ0v) is 15.5. The van der Waals surface area contributed by atoms with Crippen molar-refractivity contribution in [2.75, 3.05) is 20.8 Å². The lowest BCUT2D eigenvalue weighted by Crippen LogP contribution is -2.26. The van der Waals surface area contributed by atoms with Gasteiger partial charge in [0.05, 0.1) is 30.8 Å². The highest BCUT2D eigenvalue weighted by molar-refractivity contribution is 7.89. The normalized spacial score (nSPS) is 11.0. The number of hydrogen-bond acceptors (Lipinski definition) is 7. The fourth-order valence-electron chi connectivity index (χ4n) is 2.32. The number of carbonyl (C=O) groups is 1. The number of methoxy groups -OCH3 is 2. The number of hydrogen-bond donors (Lipinski definition) is 1. The third-order valence-electron chi connectivity index (χ3n) is 3.73. The van der Waals surface area contributed by atoms with Crippen LogP contribution >= 0.6 is 0 Å². The molecule has 0 aromatic heterocycles. The molecule has 0 bridgehead atoms. The average Bonchev–Trinajstić information content (AvgIpc) is 2.67. The van der Waals surface area contributed by atoms with Gasteiger partial charge in [0, 0.05) is 12.6 Å². The van der Waals surface area contributed by atoms with Crippen LogP contribution in [-0.4, -0.2) is 40.1 Å². The molecule has 2 aromatic rings. The summed E-state index contributed by atoms with van der Waals surface area (Å²) in [6.45, 7) is 0.0973. The largest absolute Gasteiger partial charge is 0.495 e. The molecule has 2 rings (SSSR count). The van der Waals surface area contributed by atoms with Crippen LogP contribution in [0.5, 0.6) is 5.75 Å². The number of ether oxygens (including phenoxy) is 2. The lowest BCUT2D eigenvalue weighted by atomic mass is 10.1. The number of esters is 1. The first-order valence-corrected chi connectivity index (χ1v) is 9.26. The van der Waals surface area contributed by atoms with Crippen LogP contribution in [0.4, 0.5) is 5.69 Å². The molecule has 1 N–H and O–H groups in total. The molecule has 10 heteroatoms. The van der Waals surface area contributed by atoms with E-state index < -0.39 is 20.9 Å². The summed E-state index contributed by atoms with van der Waals surface area (Å²) in [6.07, 6.45) is 0.385. The van der Waals surface area contributed by atoms with Crippen molar-refractivity contribution < 1.29 is 27.6 Å². The van der Waals surface area contributed by atoms with Gasteiger partial charge in [0.2, 0.25) is 10.0 Å². The maximum atomic E-state index is 12.4. The highest BCUT2D eigenvalue weighted by Crippen LogP contribution is 2.28. The van der Waals surface area contributed by atoms with E-state index in [1.807, 2.05) is 0 Å². The molecule has 0 radical (unpaired) electrons. The summed E-state index contributed by atoms with van der Waals surface area (Å²) in [5, 5.41) is 10.8. The number of carbonyl (C=O) groups excluding carboxylic acids is 1. The van der Waals surface area contributed by atoms with Crippen molar-refractivity contribution in [3.05, 3.63) is 63.7 Å². The van der Waals surface area contributed by atoms with Gasteiger partial charge in [0.25, 0.3) is 5.69 Å². The second-order valence-electron chi connectivity index (χ2n) is 5.43. The standard InChI is InChI=1S/C17H18N2O7S/c1-25-15-11-14(19(21)22)7-8-16(15)27(23,24)18-10-9-12-3-5-13(6-4-12)17(20)26-2/h3-8,11,18H,9-10H2,1-2H3. The Hall–Kier alpha value is -2.98. The summed E-state index contributed by atoms with van der Waals surface area (Å²) in [5.41, 5.74) is 0.954. The van der Waals surface area contributed by atoms with Gasteiger partial charge in [0.1, 0.15) is 10.6 Å². The number of sulfonamides is 1. The predicted octanol–water partition coefficient (Wildman–Crippen LogP) is 1.91. The fraction of sp³-hybridized carbons (Fsp3) is 0.235. The smallest absolute Gasteiger partial charge is 0.337 e.